The van der Waals surface area contributed by atoms with Crippen LogP contribution in [0.15, 0.2) is 72.8 Å². The van der Waals surface area contributed by atoms with E-state index in [1.165, 1.54) is 0 Å². The smallest absolute Gasteiger partial charge is 0.238 e. The highest BCUT2D eigenvalue weighted by atomic mass is 16.5. The van der Waals surface area contributed by atoms with E-state index < -0.39 is 0 Å². The number of amides is 1. The van der Waals surface area contributed by atoms with Gasteiger partial charge in [0, 0.05) is 12.2 Å². The summed E-state index contributed by atoms with van der Waals surface area (Å²) in [6.45, 7) is 1.55. The second kappa shape index (κ2) is 8.31. The van der Waals surface area contributed by atoms with Crippen LogP contribution < -0.4 is 10.1 Å². The zero-order valence-corrected chi connectivity index (χ0v) is 14.3. The summed E-state index contributed by atoms with van der Waals surface area (Å²) in [6.07, 6.45) is 0. The van der Waals surface area contributed by atoms with Crippen LogP contribution in [0.5, 0.6) is 5.75 Å². The van der Waals surface area contributed by atoms with Crippen LogP contribution in [-0.4, -0.2) is 37.6 Å². The van der Waals surface area contributed by atoms with Crippen LogP contribution in [0.1, 0.15) is 0 Å². The number of carbonyl (C=O) groups excluding carboxylic acids is 1. The predicted molar refractivity (Wildman–Crippen MR) is 102 cm³/mol. The Labute approximate surface area is 148 Å². The first kappa shape index (κ1) is 17.0. The molecular formula is C21H22N2O2. The fourth-order valence-corrected chi connectivity index (χ4v) is 2.63. The van der Waals surface area contributed by atoms with Gasteiger partial charge in [-0.3, -0.25) is 9.69 Å². The molecule has 25 heavy (non-hydrogen) atoms. The average Bonchev–Trinajstić information content (AvgIpc) is 2.62. The summed E-state index contributed by atoms with van der Waals surface area (Å²) in [4.78, 5) is 14.1. The van der Waals surface area contributed by atoms with Gasteiger partial charge < -0.3 is 10.1 Å². The molecule has 4 heteroatoms. The fraction of sp³-hybridized carbons (Fsp3) is 0.190. The summed E-state index contributed by atoms with van der Waals surface area (Å²) in [6, 6.07) is 23.7. The van der Waals surface area contributed by atoms with Gasteiger partial charge >= 0.3 is 0 Å². The van der Waals surface area contributed by atoms with E-state index in [0.717, 1.165) is 22.2 Å². The number of nitrogens with one attached hydrogen (secondary N) is 1. The molecule has 0 radical (unpaired) electrons. The van der Waals surface area contributed by atoms with Gasteiger partial charge in [-0.25, -0.2) is 0 Å². The highest BCUT2D eigenvalue weighted by Crippen LogP contribution is 2.18. The summed E-state index contributed by atoms with van der Waals surface area (Å²) in [5.74, 6) is 0.814. The van der Waals surface area contributed by atoms with Gasteiger partial charge in [-0.2, -0.15) is 0 Å². The van der Waals surface area contributed by atoms with E-state index in [-0.39, 0.29) is 5.91 Å². The normalized spacial score (nSPS) is 10.8. The Hall–Kier alpha value is -2.85. The maximum atomic E-state index is 12.2. The van der Waals surface area contributed by atoms with Crippen molar-refractivity contribution in [3.05, 3.63) is 72.8 Å². The van der Waals surface area contributed by atoms with Crippen molar-refractivity contribution in [2.45, 2.75) is 0 Å². The van der Waals surface area contributed by atoms with E-state index in [1.54, 1.807) is 0 Å². The van der Waals surface area contributed by atoms with Crippen molar-refractivity contribution < 1.29 is 9.53 Å². The molecule has 0 bridgehead atoms. The lowest BCUT2D eigenvalue weighted by atomic mass is 10.1. The van der Waals surface area contributed by atoms with E-state index in [2.05, 4.69) is 11.4 Å². The van der Waals surface area contributed by atoms with Gasteiger partial charge in [0.05, 0.1) is 6.54 Å². The van der Waals surface area contributed by atoms with Crippen molar-refractivity contribution in [2.75, 3.05) is 32.1 Å². The zero-order valence-electron chi connectivity index (χ0n) is 14.3. The van der Waals surface area contributed by atoms with Crippen molar-refractivity contribution in [1.29, 1.82) is 0 Å². The molecule has 3 aromatic carbocycles. The molecule has 0 aliphatic heterocycles. The predicted octanol–water partition coefficient (Wildman–Crippen LogP) is 3.79. The Balaban J connectivity index is 1.46. The van der Waals surface area contributed by atoms with Crippen LogP contribution in [0, 0.1) is 0 Å². The van der Waals surface area contributed by atoms with E-state index in [9.17, 15) is 4.79 Å². The third-order valence-corrected chi connectivity index (χ3v) is 3.93. The molecule has 1 N–H and O–H groups in total. The number of hydrogen-bond acceptors (Lipinski definition) is 3. The molecule has 0 atom stereocenters. The van der Waals surface area contributed by atoms with Crippen LogP contribution in [0.25, 0.3) is 10.8 Å². The lowest BCUT2D eigenvalue weighted by Crippen LogP contribution is -2.33. The number of likely N-dealkylation sites (N-methyl/N-ethyl adjacent to an activating group) is 1. The molecule has 0 saturated carbocycles. The minimum absolute atomic E-state index is 0.0301. The maximum Gasteiger partial charge on any atom is 0.238 e. The number of hydrogen-bond donors (Lipinski definition) is 1. The second-order valence-corrected chi connectivity index (χ2v) is 6.01. The van der Waals surface area contributed by atoms with Crippen molar-refractivity contribution in [3.8, 4) is 5.75 Å². The molecule has 4 nitrogen and oxygen atoms in total. The molecule has 0 unspecified atom stereocenters. The summed E-state index contributed by atoms with van der Waals surface area (Å²) >= 11 is 0. The summed E-state index contributed by atoms with van der Waals surface area (Å²) in [5, 5.41) is 5.23. The van der Waals surface area contributed by atoms with Crippen LogP contribution in [0.2, 0.25) is 0 Å². The summed E-state index contributed by atoms with van der Waals surface area (Å²) in [5.41, 5.74) is 0.817. The molecule has 1 amide bonds. The lowest BCUT2D eigenvalue weighted by molar-refractivity contribution is -0.117. The standard InChI is InChI=1S/C21H22N2O2/c1-23(13-14-25-20-9-3-2-4-10-20)16-21(24)22-19-12-11-17-7-5-6-8-18(17)15-19/h2-12,15H,13-14,16H2,1H3,(H,22,24). The number of carbonyl (C=O) groups is 1. The van der Waals surface area contributed by atoms with E-state index >= 15 is 0 Å². The van der Waals surface area contributed by atoms with Gasteiger partial charge in [0.25, 0.3) is 0 Å². The Kier molecular flexibility index (Phi) is 5.65. The second-order valence-electron chi connectivity index (χ2n) is 6.01. The topological polar surface area (TPSA) is 41.6 Å². The first-order valence-electron chi connectivity index (χ1n) is 8.36. The van der Waals surface area contributed by atoms with Gasteiger partial charge in [0.1, 0.15) is 12.4 Å². The van der Waals surface area contributed by atoms with Crippen molar-refractivity contribution >= 4 is 22.4 Å². The first-order chi connectivity index (χ1) is 12.2. The monoisotopic (exact) mass is 334 g/mol. The number of fused-ring (bicyclic) bond motifs is 1. The average molecular weight is 334 g/mol. The number of ether oxygens (including phenoxy) is 1. The Morgan fingerprint density at radius 3 is 2.48 bits per heavy atom. The zero-order chi connectivity index (χ0) is 17.5. The molecule has 0 aliphatic carbocycles. The molecule has 3 rings (SSSR count). The lowest BCUT2D eigenvalue weighted by Gasteiger charge is -2.16. The van der Waals surface area contributed by atoms with Gasteiger partial charge in [-0.05, 0) is 42.1 Å². The minimum atomic E-state index is -0.0301. The molecule has 0 fully saturated rings. The van der Waals surface area contributed by atoms with Crippen LogP contribution >= 0.6 is 0 Å². The number of para-hydroxylation sites is 1. The quantitative estimate of drug-likeness (QED) is 0.715. The van der Waals surface area contributed by atoms with Gasteiger partial charge in [-0.1, -0.05) is 48.5 Å². The molecule has 0 heterocycles. The van der Waals surface area contributed by atoms with Crippen LogP contribution in [-0.2, 0) is 4.79 Å². The van der Waals surface area contributed by atoms with Gasteiger partial charge in [-0.15, -0.1) is 0 Å². The van der Waals surface area contributed by atoms with E-state index in [4.69, 9.17) is 4.74 Å². The highest BCUT2D eigenvalue weighted by molar-refractivity contribution is 5.95. The SMILES string of the molecule is CN(CCOc1ccccc1)CC(=O)Nc1ccc2ccccc2c1. The first-order valence-corrected chi connectivity index (χ1v) is 8.36. The van der Waals surface area contributed by atoms with Crippen LogP contribution in [0.3, 0.4) is 0 Å². The van der Waals surface area contributed by atoms with Gasteiger partial charge in [0.15, 0.2) is 0 Å². The molecule has 0 spiro atoms. The molecular weight excluding hydrogens is 312 g/mol. The van der Waals surface area contributed by atoms with Gasteiger partial charge in [0.2, 0.25) is 5.91 Å². The third-order valence-electron chi connectivity index (χ3n) is 3.93. The van der Waals surface area contributed by atoms with Crippen molar-refractivity contribution in [1.82, 2.24) is 4.90 Å². The number of nitrogens with zero attached hydrogens (tertiary/aromatic N) is 1. The fourth-order valence-electron chi connectivity index (χ4n) is 2.63. The summed E-state index contributed by atoms with van der Waals surface area (Å²) in [7, 11) is 1.91. The number of benzene rings is 3. The third kappa shape index (κ3) is 5.06. The molecule has 128 valence electrons. The Bertz CT molecular complexity index is 833. The maximum absolute atomic E-state index is 12.2. The van der Waals surface area contributed by atoms with Crippen molar-refractivity contribution in [3.63, 3.8) is 0 Å². The number of anilines is 1. The minimum Gasteiger partial charge on any atom is -0.492 e. The largest absolute Gasteiger partial charge is 0.492 e. The molecule has 0 saturated heterocycles. The molecule has 0 aromatic heterocycles. The van der Waals surface area contributed by atoms with E-state index in [0.29, 0.717) is 19.7 Å². The number of rotatable bonds is 7. The Morgan fingerprint density at radius 2 is 1.68 bits per heavy atom. The Morgan fingerprint density at radius 1 is 0.960 bits per heavy atom. The summed E-state index contributed by atoms with van der Waals surface area (Å²) < 4.78 is 5.65. The molecule has 3 aromatic rings. The van der Waals surface area contributed by atoms with Crippen LogP contribution in [0.4, 0.5) is 5.69 Å². The van der Waals surface area contributed by atoms with Crippen molar-refractivity contribution in [2.24, 2.45) is 0 Å². The highest BCUT2D eigenvalue weighted by Gasteiger charge is 2.07. The van der Waals surface area contributed by atoms with E-state index in [1.807, 2.05) is 78.7 Å². The molecule has 0 aliphatic rings.